The van der Waals surface area contributed by atoms with E-state index in [1.807, 2.05) is 30.3 Å². The van der Waals surface area contributed by atoms with Crippen LogP contribution in [-0.4, -0.2) is 5.43 Å². The van der Waals surface area contributed by atoms with Gasteiger partial charge in [-0.2, -0.15) is 0 Å². The van der Waals surface area contributed by atoms with Crippen molar-refractivity contribution in [3.8, 4) is 0 Å². The van der Waals surface area contributed by atoms with Gasteiger partial charge in [0.2, 0.25) is 0 Å². The number of hydrogen-bond acceptors (Lipinski definition) is 4. The maximum Gasteiger partial charge on any atom is 0.404 e. The minimum absolute atomic E-state index is 0.239. The predicted octanol–water partition coefficient (Wildman–Crippen LogP) is 1.38. The van der Waals surface area contributed by atoms with Gasteiger partial charge in [-0.3, -0.25) is 11.7 Å². The first-order valence-electron chi connectivity index (χ1n) is 3.48. The number of hydrogen-bond donors (Lipinski definition) is 2. The van der Waals surface area contributed by atoms with Gasteiger partial charge in [0.05, 0.1) is 0 Å². The fourth-order valence-electron chi connectivity index (χ4n) is 0.714. The molecule has 0 aliphatic carbocycles. The second-order valence-corrected chi connectivity index (χ2v) is 2.32. The van der Waals surface area contributed by atoms with Crippen molar-refractivity contribution in [3.05, 3.63) is 35.9 Å². The molecule has 0 radical (unpaired) electrons. The molecule has 0 spiro atoms. The lowest BCUT2D eigenvalue weighted by molar-refractivity contribution is 0.167. The molecule has 0 amide bonds. The Morgan fingerprint density at radius 3 is 2.31 bits per heavy atom. The van der Waals surface area contributed by atoms with Crippen LogP contribution in [0, 0.1) is 0 Å². The molecule has 0 heterocycles. The highest BCUT2D eigenvalue weighted by molar-refractivity contribution is 6.61. The minimum Gasteiger partial charge on any atom is -0.449 e. The van der Waals surface area contributed by atoms with E-state index >= 15 is 0 Å². The Hall–Kier alpha value is -1.10. The zero-order valence-electron chi connectivity index (χ0n) is 6.94. The van der Waals surface area contributed by atoms with Gasteiger partial charge in [0, 0.05) is 11.6 Å². The molecule has 4 N–H and O–H groups in total. The van der Waals surface area contributed by atoms with Gasteiger partial charge in [-0.1, -0.05) is 30.3 Å². The third kappa shape index (κ3) is 6.10. The lowest BCUT2D eigenvalue weighted by Crippen LogP contribution is -2.02. The van der Waals surface area contributed by atoms with Crippen LogP contribution in [-0.2, 0) is 11.3 Å². The summed E-state index contributed by atoms with van der Waals surface area (Å²) in [6.07, 6.45) is 0. The van der Waals surface area contributed by atoms with E-state index in [2.05, 4.69) is 16.4 Å². The second kappa shape index (κ2) is 7.54. The van der Waals surface area contributed by atoms with Crippen LogP contribution in [0.5, 0.6) is 0 Å². The number of ether oxygens (including phenoxy) is 1. The van der Waals surface area contributed by atoms with E-state index in [1.54, 1.807) is 0 Å². The van der Waals surface area contributed by atoms with E-state index in [1.165, 1.54) is 0 Å². The average molecular weight is 203 g/mol. The van der Waals surface area contributed by atoms with Crippen LogP contribution in [0.4, 0.5) is 4.79 Å². The van der Waals surface area contributed by atoms with E-state index < -0.39 is 5.43 Å². The van der Waals surface area contributed by atoms with Gasteiger partial charge in [0.1, 0.15) is 6.61 Å². The number of carbonyl (C=O) groups is 1. The maximum atomic E-state index is 10.2. The fraction of sp³-hybridized carbons (Fsp3) is 0.125. The Morgan fingerprint density at radius 1 is 1.31 bits per heavy atom. The lowest BCUT2D eigenvalue weighted by atomic mass is 10.2. The molecule has 0 fully saturated rings. The van der Waals surface area contributed by atoms with Crippen LogP contribution < -0.4 is 11.7 Å². The molecule has 0 atom stereocenters. The molecule has 0 aliphatic rings. The van der Waals surface area contributed by atoms with E-state index in [9.17, 15) is 4.79 Å². The number of benzene rings is 1. The van der Waals surface area contributed by atoms with Crippen LogP contribution in [0.25, 0.3) is 0 Å². The number of halogens is 1. The molecule has 1 aromatic carbocycles. The van der Waals surface area contributed by atoms with E-state index in [-0.39, 0.29) is 6.61 Å². The summed E-state index contributed by atoms with van der Waals surface area (Å²) < 4.78 is 4.55. The summed E-state index contributed by atoms with van der Waals surface area (Å²) in [4.78, 5) is 10.2. The predicted molar refractivity (Wildman–Crippen MR) is 50.9 cm³/mol. The van der Waals surface area contributed by atoms with E-state index in [0.29, 0.717) is 0 Å². The summed E-state index contributed by atoms with van der Waals surface area (Å²) in [5.74, 6) is 8.00. The fourth-order valence-corrected chi connectivity index (χ4v) is 0.769. The Bertz CT molecular complexity index is 241. The van der Waals surface area contributed by atoms with Crippen molar-refractivity contribution in [2.75, 3.05) is 0 Å². The average Bonchev–Trinajstić information content (AvgIpc) is 2.19. The van der Waals surface area contributed by atoms with Crippen LogP contribution in [0.15, 0.2) is 30.3 Å². The van der Waals surface area contributed by atoms with Crippen molar-refractivity contribution in [1.82, 2.24) is 0 Å². The Balaban J connectivity index is 0.000000671. The van der Waals surface area contributed by atoms with Crippen molar-refractivity contribution in [1.29, 1.82) is 0 Å². The molecule has 0 unspecified atom stereocenters. The van der Waals surface area contributed by atoms with Gasteiger partial charge in [-0.15, -0.1) is 0 Å². The molecule has 0 saturated heterocycles. The summed E-state index contributed by atoms with van der Waals surface area (Å²) in [6.45, 7) is 0.239. The lowest BCUT2D eigenvalue weighted by Gasteiger charge is -1.98. The standard InChI is InChI=1S/C8H7ClO2.H4N2/c9-8(10)11-6-7-4-2-1-3-5-7;1-2/h1-5H,6H2;1-2H2. The van der Waals surface area contributed by atoms with Gasteiger partial charge in [-0.25, -0.2) is 4.79 Å². The number of nitrogens with two attached hydrogens (primary N) is 2. The van der Waals surface area contributed by atoms with Crippen LogP contribution in [0.2, 0.25) is 0 Å². The summed E-state index contributed by atoms with van der Waals surface area (Å²) in [5, 5.41) is 0. The quantitative estimate of drug-likeness (QED) is 0.432. The molecular formula is C8H11ClN2O2. The van der Waals surface area contributed by atoms with Crippen LogP contribution in [0.1, 0.15) is 5.56 Å². The van der Waals surface area contributed by atoms with Gasteiger partial charge in [0.25, 0.3) is 0 Å². The summed E-state index contributed by atoms with van der Waals surface area (Å²) in [5.41, 5.74) is 0.162. The number of hydrazine groups is 1. The molecule has 0 aromatic heterocycles. The first kappa shape index (κ1) is 11.9. The molecule has 0 saturated carbocycles. The largest absolute Gasteiger partial charge is 0.449 e. The summed E-state index contributed by atoms with van der Waals surface area (Å²) in [7, 11) is 0. The third-order valence-electron chi connectivity index (χ3n) is 1.20. The topological polar surface area (TPSA) is 78.3 Å². The van der Waals surface area contributed by atoms with Crippen molar-refractivity contribution >= 4 is 17.0 Å². The van der Waals surface area contributed by atoms with Crippen molar-refractivity contribution in [3.63, 3.8) is 0 Å². The van der Waals surface area contributed by atoms with Crippen molar-refractivity contribution in [2.45, 2.75) is 6.61 Å². The molecule has 1 aromatic rings. The normalized spacial score (nSPS) is 8.23. The molecule has 1 rings (SSSR count). The van der Waals surface area contributed by atoms with Gasteiger partial charge >= 0.3 is 5.43 Å². The molecule has 0 aliphatic heterocycles. The van der Waals surface area contributed by atoms with E-state index in [0.717, 1.165) is 5.56 Å². The first-order valence-corrected chi connectivity index (χ1v) is 3.86. The van der Waals surface area contributed by atoms with E-state index in [4.69, 9.17) is 11.6 Å². The Kier molecular flexibility index (Phi) is 6.91. The smallest absolute Gasteiger partial charge is 0.404 e. The zero-order valence-corrected chi connectivity index (χ0v) is 7.70. The van der Waals surface area contributed by atoms with Crippen LogP contribution >= 0.6 is 11.6 Å². The monoisotopic (exact) mass is 202 g/mol. The number of rotatable bonds is 2. The number of carbonyl (C=O) groups excluding carboxylic acids is 1. The first-order chi connectivity index (χ1) is 6.29. The van der Waals surface area contributed by atoms with Gasteiger partial charge in [0.15, 0.2) is 0 Å². The van der Waals surface area contributed by atoms with Gasteiger partial charge < -0.3 is 4.74 Å². The van der Waals surface area contributed by atoms with Crippen LogP contribution in [0.3, 0.4) is 0 Å². The summed E-state index contributed by atoms with van der Waals surface area (Å²) in [6, 6.07) is 9.36. The highest BCUT2D eigenvalue weighted by Gasteiger charge is 1.95. The highest BCUT2D eigenvalue weighted by atomic mass is 35.5. The Morgan fingerprint density at radius 2 is 1.85 bits per heavy atom. The molecular weight excluding hydrogens is 192 g/mol. The highest BCUT2D eigenvalue weighted by Crippen LogP contribution is 2.01. The molecule has 5 heteroatoms. The van der Waals surface area contributed by atoms with Crippen molar-refractivity contribution in [2.24, 2.45) is 11.7 Å². The van der Waals surface area contributed by atoms with Gasteiger partial charge in [-0.05, 0) is 5.56 Å². The maximum absolute atomic E-state index is 10.2. The third-order valence-corrected chi connectivity index (χ3v) is 1.30. The molecule has 72 valence electrons. The SMILES string of the molecule is NN.O=C(Cl)OCc1ccccc1. The van der Waals surface area contributed by atoms with Crippen molar-refractivity contribution < 1.29 is 9.53 Å². The Labute approximate surface area is 81.4 Å². The summed E-state index contributed by atoms with van der Waals surface area (Å²) >= 11 is 4.97. The second-order valence-electron chi connectivity index (χ2n) is 2.01. The minimum atomic E-state index is -0.770. The zero-order chi connectivity index (χ0) is 10.1. The molecule has 13 heavy (non-hydrogen) atoms. The molecule has 4 nitrogen and oxygen atoms in total. The molecule has 0 bridgehead atoms.